The van der Waals surface area contributed by atoms with Crippen LogP contribution in [0, 0.1) is 0 Å². The van der Waals surface area contributed by atoms with Gasteiger partial charge in [0.25, 0.3) is 0 Å². The molecule has 0 bridgehead atoms. The van der Waals surface area contributed by atoms with Gasteiger partial charge in [0.1, 0.15) is 5.75 Å². The third-order valence-electron chi connectivity index (χ3n) is 2.75. The van der Waals surface area contributed by atoms with Gasteiger partial charge in [-0.15, -0.1) is 0 Å². The molecule has 0 radical (unpaired) electrons. The molecular formula is C18H16N2O3. The third-order valence-corrected chi connectivity index (χ3v) is 2.75. The average Bonchev–Trinajstić information content (AvgIpc) is 2.55. The summed E-state index contributed by atoms with van der Waals surface area (Å²) in [6.07, 6.45) is 4.57. The molecule has 2 aromatic rings. The fraction of sp³-hybridized carbons (Fsp3) is 0.0556. The van der Waals surface area contributed by atoms with E-state index in [9.17, 15) is 9.59 Å². The number of nitrogens with zero attached hydrogens (tertiary/aromatic N) is 1. The van der Waals surface area contributed by atoms with Crippen molar-refractivity contribution in [3.05, 3.63) is 71.8 Å². The molecule has 0 aliphatic carbocycles. The molecule has 0 fully saturated rings. The molecule has 23 heavy (non-hydrogen) atoms. The maximum Gasteiger partial charge on any atom is 0.336 e. The van der Waals surface area contributed by atoms with Crippen molar-refractivity contribution < 1.29 is 14.3 Å². The second-order valence-electron chi connectivity index (χ2n) is 4.66. The van der Waals surface area contributed by atoms with Crippen LogP contribution < -0.4 is 10.2 Å². The SMILES string of the molecule is CC(=O)NN=Cc1ccc(OC(=O)C=Cc2ccccc2)cc1. The Morgan fingerprint density at radius 3 is 2.35 bits per heavy atom. The first-order chi connectivity index (χ1) is 11.1. The van der Waals surface area contributed by atoms with E-state index in [4.69, 9.17) is 4.74 Å². The van der Waals surface area contributed by atoms with Gasteiger partial charge in [-0.25, -0.2) is 10.2 Å². The number of hydrazone groups is 1. The van der Waals surface area contributed by atoms with Gasteiger partial charge in [-0.3, -0.25) is 4.79 Å². The Hall–Kier alpha value is -3.21. The maximum absolute atomic E-state index is 11.7. The molecule has 0 spiro atoms. The summed E-state index contributed by atoms with van der Waals surface area (Å²) in [5, 5.41) is 3.75. The Balaban J connectivity index is 1.90. The number of carbonyl (C=O) groups excluding carboxylic acids is 2. The van der Waals surface area contributed by atoms with Gasteiger partial charge >= 0.3 is 5.97 Å². The summed E-state index contributed by atoms with van der Waals surface area (Å²) >= 11 is 0. The fourth-order valence-electron chi connectivity index (χ4n) is 1.70. The summed E-state index contributed by atoms with van der Waals surface area (Å²) in [6.45, 7) is 1.38. The molecule has 0 saturated carbocycles. The molecule has 0 aromatic heterocycles. The summed E-state index contributed by atoms with van der Waals surface area (Å²) in [6, 6.07) is 16.3. The van der Waals surface area contributed by atoms with Crippen molar-refractivity contribution >= 4 is 24.2 Å². The number of ether oxygens (including phenoxy) is 1. The van der Waals surface area contributed by atoms with Crippen LogP contribution in [0.2, 0.25) is 0 Å². The van der Waals surface area contributed by atoms with E-state index in [1.807, 2.05) is 30.3 Å². The quantitative estimate of drug-likeness (QED) is 0.304. The first-order valence-corrected chi connectivity index (χ1v) is 6.98. The van der Waals surface area contributed by atoms with Crippen molar-refractivity contribution in [1.82, 2.24) is 5.43 Å². The minimum absolute atomic E-state index is 0.239. The highest BCUT2D eigenvalue weighted by Gasteiger charge is 2.00. The Kier molecular flexibility index (Phi) is 5.82. The first-order valence-electron chi connectivity index (χ1n) is 6.98. The van der Waals surface area contributed by atoms with Crippen molar-refractivity contribution in [3.63, 3.8) is 0 Å². The number of benzene rings is 2. The van der Waals surface area contributed by atoms with Gasteiger partial charge in [0.2, 0.25) is 5.91 Å². The zero-order valence-corrected chi connectivity index (χ0v) is 12.6. The van der Waals surface area contributed by atoms with Crippen molar-refractivity contribution in [1.29, 1.82) is 0 Å². The molecule has 1 amide bonds. The number of hydrogen-bond donors (Lipinski definition) is 1. The van der Waals surface area contributed by atoms with Crippen LogP contribution in [-0.2, 0) is 9.59 Å². The largest absolute Gasteiger partial charge is 0.423 e. The van der Waals surface area contributed by atoms with Gasteiger partial charge in [-0.1, -0.05) is 30.3 Å². The number of carbonyl (C=O) groups is 2. The highest BCUT2D eigenvalue weighted by atomic mass is 16.5. The van der Waals surface area contributed by atoms with Gasteiger partial charge in [-0.05, 0) is 41.5 Å². The molecule has 0 atom stereocenters. The number of rotatable bonds is 5. The van der Waals surface area contributed by atoms with E-state index in [0.29, 0.717) is 5.75 Å². The second-order valence-corrected chi connectivity index (χ2v) is 4.66. The summed E-state index contributed by atoms with van der Waals surface area (Å²) < 4.78 is 5.19. The van der Waals surface area contributed by atoms with E-state index >= 15 is 0 Å². The van der Waals surface area contributed by atoms with Gasteiger partial charge in [0.05, 0.1) is 6.21 Å². The normalized spacial score (nSPS) is 10.8. The standard InChI is InChI=1S/C18H16N2O3/c1-14(21)20-19-13-16-7-10-17(11-8-16)23-18(22)12-9-15-5-3-2-4-6-15/h2-13H,1H3,(H,20,21). The zero-order valence-electron chi connectivity index (χ0n) is 12.6. The summed E-state index contributed by atoms with van der Waals surface area (Å²) in [4.78, 5) is 22.4. The molecule has 0 unspecified atom stereocenters. The predicted octanol–water partition coefficient (Wildman–Crippen LogP) is 2.78. The van der Waals surface area contributed by atoms with Gasteiger partial charge < -0.3 is 4.74 Å². The van der Waals surface area contributed by atoms with Crippen LogP contribution >= 0.6 is 0 Å². The molecule has 0 heterocycles. The molecule has 2 rings (SSSR count). The minimum atomic E-state index is -0.450. The van der Waals surface area contributed by atoms with E-state index in [2.05, 4.69) is 10.5 Å². The fourth-order valence-corrected chi connectivity index (χ4v) is 1.70. The Labute approximate surface area is 134 Å². The topological polar surface area (TPSA) is 67.8 Å². The van der Waals surface area contributed by atoms with Crippen LogP contribution in [-0.4, -0.2) is 18.1 Å². The number of nitrogens with one attached hydrogen (secondary N) is 1. The molecule has 2 aromatic carbocycles. The molecule has 116 valence electrons. The van der Waals surface area contributed by atoms with Gasteiger partial charge in [0.15, 0.2) is 0 Å². The van der Waals surface area contributed by atoms with E-state index in [1.54, 1.807) is 30.3 Å². The number of hydrogen-bond acceptors (Lipinski definition) is 4. The second kappa shape index (κ2) is 8.29. The Bertz CT molecular complexity index is 720. The van der Waals surface area contributed by atoms with E-state index in [0.717, 1.165) is 11.1 Å². The maximum atomic E-state index is 11.7. The lowest BCUT2D eigenvalue weighted by Gasteiger charge is -2.01. The summed E-state index contributed by atoms with van der Waals surface area (Å²) in [7, 11) is 0. The van der Waals surface area contributed by atoms with Crippen molar-refractivity contribution in [3.8, 4) is 5.75 Å². The Morgan fingerprint density at radius 2 is 1.70 bits per heavy atom. The Morgan fingerprint density at radius 1 is 1.00 bits per heavy atom. The van der Waals surface area contributed by atoms with Crippen LogP contribution in [0.1, 0.15) is 18.1 Å². The molecular weight excluding hydrogens is 292 g/mol. The van der Waals surface area contributed by atoms with Crippen LogP contribution in [0.25, 0.3) is 6.08 Å². The van der Waals surface area contributed by atoms with Crippen molar-refractivity contribution in [2.45, 2.75) is 6.92 Å². The minimum Gasteiger partial charge on any atom is -0.423 e. The van der Waals surface area contributed by atoms with Crippen LogP contribution in [0.5, 0.6) is 5.75 Å². The smallest absolute Gasteiger partial charge is 0.336 e. The summed E-state index contributed by atoms with van der Waals surface area (Å²) in [5.41, 5.74) is 4.01. The zero-order chi connectivity index (χ0) is 16.5. The van der Waals surface area contributed by atoms with Crippen molar-refractivity contribution in [2.24, 2.45) is 5.10 Å². The predicted molar refractivity (Wildman–Crippen MR) is 89.0 cm³/mol. The number of esters is 1. The summed E-state index contributed by atoms with van der Waals surface area (Å²) in [5.74, 6) is -0.255. The average molecular weight is 308 g/mol. The molecule has 0 aliphatic rings. The van der Waals surface area contributed by atoms with E-state index in [-0.39, 0.29) is 5.91 Å². The van der Waals surface area contributed by atoms with Crippen LogP contribution in [0.3, 0.4) is 0 Å². The van der Waals surface area contributed by atoms with Crippen LogP contribution in [0.4, 0.5) is 0 Å². The lowest BCUT2D eigenvalue weighted by atomic mass is 10.2. The molecule has 0 aliphatic heterocycles. The molecule has 5 nitrogen and oxygen atoms in total. The molecule has 1 N–H and O–H groups in total. The third kappa shape index (κ3) is 5.97. The molecule has 5 heteroatoms. The highest BCUT2D eigenvalue weighted by Crippen LogP contribution is 2.12. The van der Waals surface area contributed by atoms with E-state index in [1.165, 1.54) is 19.2 Å². The monoisotopic (exact) mass is 308 g/mol. The van der Waals surface area contributed by atoms with Crippen LogP contribution in [0.15, 0.2) is 65.8 Å². The molecule has 0 saturated heterocycles. The van der Waals surface area contributed by atoms with Crippen molar-refractivity contribution in [2.75, 3.05) is 0 Å². The first kappa shape index (κ1) is 16.2. The van der Waals surface area contributed by atoms with E-state index < -0.39 is 5.97 Å². The lowest BCUT2D eigenvalue weighted by molar-refractivity contribution is -0.129. The highest BCUT2D eigenvalue weighted by molar-refractivity contribution is 5.89. The van der Waals surface area contributed by atoms with Gasteiger partial charge in [0, 0.05) is 13.0 Å². The van der Waals surface area contributed by atoms with Gasteiger partial charge in [-0.2, -0.15) is 5.10 Å². The lowest BCUT2D eigenvalue weighted by Crippen LogP contribution is -2.12. The number of amides is 1.